The van der Waals surface area contributed by atoms with Gasteiger partial charge in [0.25, 0.3) is 6.23 Å². The van der Waals surface area contributed by atoms with E-state index in [0.717, 1.165) is 30.2 Å². The smallest absolute Gasteiger partial charge is 0.370 e. The van der Waals surface area contributed by atoms with Gasteiger partial charge in [-0.15, -0.1) is 0 Å². The number of aromatic nitrogens is 1. The second-order valence-electron chi connectivity index (χ2n) is 6.83. The molecule has 1 saturated heterocycles. The molecule has 2 heterocycles. The number of hydrogen-bond acceptors (Lipinski definition) is 7. The molecule has 1 aliphatic rings. The van der Waals surface area contributed by atoms with Gasteiger partial charge in [-0.1, -0.05) is 18.2 Å². The van der Waals surface area contributed by atoms with Crippen molar-refractivity contribution in [3.63, 3.8) is 0 Å². The lowest BCUT2D eigenvalue weighted by Gasteiger charge is -2.38. The maximum Gasteiger partial charge on any atom is 0.370 e. The van der Waals surface area contributed by atoms with E-state index in [-0.39, 0.29) is 0 Å². The third kappa shape index (κ3) is 5.07. The maximum absolute atomic E-state index is 12.5. The molecule has 1 aromatic heterocycles. The summed E-state index contributed by atoms with van der Waals surface area (Å²) in [4.78, 5) is 32.3. The van der Waals surface area contributed by atoms with E-state index >= 15 is 0 Å². The first-order chi connectivity index (χ1) is 13.4. The zero-order chi connectivity index (χ0) is 20.1. The largest absolute Gasteiger partial charge is 0.464 e. The van der Waals surface area contributed by atoms with E-state index in [4.69, 9.17) is 9.47 Å². The van der Waals surface area contributed by atoms with Crippen LogP contribution in [0, 0.1) is 13.8 Å². The number of hydrogen-bond donors (Lipinski definition) is 0. The zero-order valence-corrected chi connectivity index (χ0v) is 16.4. The van der Waals surface area contributed by atoms with Gasteiger partial charge in [0.2, 0.25) is 0 Å². The number of para-hydroxylation sites is 1. The van der Waals surface area contributed by atoms with Gasteiger partial charge >= 0.3 is 11.9 Å². The molecule has 0 aliphatic carbocycles. The normalized spacial score (nSPS) is 15.8. The summed E-state index contributed by atoms with van der Waals surface area (Å²) in [5.41, 5.74) is 3.08. The highest BCUT2D eigenvalue weighted by molar-refractivity contribution is 5.86. The minimum absolute atomic E-state index is 0.552. The molecular weight excluding hydrogens is 358 g/mol. The van der Waals surface area contributed by atoms with Gasteiger partial charge in [0.05, 0.1) is 0 Å². The SMILES string of the molecule is CC(=O)OC(=O)C(Oc1ccccc1)N1CCN(c2cc(C)nc(C)c2)CC1. The standard InChI is InChI=1S/C21H25N3O4/c1-15-13-18(14-16(2)22-15)23-9-11-24(12-10-23)20(21(26)27-17(3)25)28-19-7-5-4-6-8-19/h4-8,13-14,20H,9-12H2,1-3H3. The van der Waals surface area contributed by atoms with E-state index in [1.807, 2.05) is 36.9 Å². The van der Waals surface area contributed by atoms with E-state index in [2.05, 4.69) is 22.0 Å². The van der Waals surface area contributed by atoms with Crippen LogP contribution in [0.4, 0.5) is 5.69 Å². The van der Waals surface area contributed by atoms with Gasteiger partial charge in [-0.2, -0.15) is 0 Å². The fourth-order valence-electron chi connectivity index (χ4n) is 3.30. The van der Waals surface area contributed by atoms with Crippen molar-refractivity contribution in [2.75, 3.05) is 31.1 Å². The Labute approximate surface area is 164 Å². The monoisotopic (exact) mass is 383 g/mol. The summed E-state index contributed by atoms with van der Waals surface area (Å²) >= 11 is 0. The van der Waals surface area contributed by atoms with Crippen LogP contribution in [0.5, 0.6) is 5.75 Å². The van der Waals surface area contributed by atoms with Crippen LogP contribution in [0.25, 0.3) is 0 Å². The van der Waals surface area contributed by atoms with Crippen molar-refractivity contribution >= 4 is 17.6 Å². The van der Waals surface area contributed by atoms with Gasteiger partial charge in [-0.3, -0.25) is 14.7 Å². The molecule has 1 fully saturated rings. The Morgan fingerprint density at radius 3 is 2.18 bits per heavy atom. The van der Waals surface area contributed by atoms with E-state index in [0.29, 0.717) is 18.8 Å². The minimum Gasteiger partial charge on any atom is -0.464 e. The number of esters is 2. The van der Waals surface area contributed by atoms with E-state index in [1.54, 1.807) is 12.1 Å². The lowest BCUT2D eigenvalue weighted by Crippen LogP contribution is -2.55. The molecule has 1 atom stereocenters. The van der Waals surface area contributed by atoms with Crippen LogP contribution >= 0.6 is 0 Å². The van der Waals surface area contributed by atoms with Crippen molar-refractivity contribution < 1.29 is 19.1 Å². The van der Waals surface area contributed by atoms with Gasteiger partial charge in [-0.05, 0) is 38.1 Å². The van der Waals surface area contributed by atoms with Gasteiger partial charge in [0.15, 0.2) is 0 Å². The first-order valence-corrected chi connectivity index (χ1v) is 9.30. The van der Waals surface area contributed by atoms with Crippen molar-refractivity contribution in [3.8, 4) is 5.75 Å². The Morgan fingerprint density at radius 2 is 1.61 bits per heavy atom. The molecule has 1 aromatic carbocycles. The molecule has 28 heavy (non-hydrogen) atoms. The van der Waals surface area contributed by atoms with Gasteiger partial charge in [-0.25, -0.2) is 4.79 Å². The quantitative estimate of drug-likeness (QED) is 0.579. The predicted octanol–water partition coefficient (Wildman–Crippen LogP) is 2.32. The Bertz CT molecular complexity index is 813. The lowest BCUT2D eigenvalue weighted by molar-refractivity contribution is -0.170. The highest BCUT2D eigenvalue weighted by Gasteiger charge is 2.33. The predicted molar refractivity (Wildman–Crippen MR) is 105 cm³/mol. The third-order valence-corrected chi connectivity index (χ3v) is 4.51. The topological polar surface area (TPSA) is 72.0 Å². The molecular formula is C21H25N3O4. The van der Waals surface area contributed by atoms with Crippen molar-refractivity contribution in [2.24, 2.45) is 0 Å². The summed E-state index contributed by atoms with van der Waals surface area (Å²) in [5.74, 6) is -0.788. The van der Waals surface area contributed by atoms with Crippen LogP contribution in [-0.4, -0.2) is 54.2 Å². The highest BCUT2D eigenvalue weighted by Crippen LogP contribution is 2.21. The molecule has 7 heteroatoms. The number of anilines is 1. The molecule has 0 amide bonds. The van der Waals surface area contributed by atoms with Crippen molar-refractivity contribution in [3.05, 3.63) is 53.9 Å². The summed E-state index contributed by atoms with van der Waals surface area (Å²) in [6.07, 6.45) is -0.964. The highest BCUT2D eigenvalue weighted by atomic mass is 16.6. The minimum atomic E-state index is -0.964. The van der Waals surface area contributed by atoms with Crippen molar-refractivity contribution in [1.29, 1.82) is 0 Å². The Morgan fingerprint density at radius 1 is 1.00 bits per heavy atom. The summed E-state index contributed by atoms with van der Waals surface area (Å²) in [6, 6.07) is 13.2. The summed E-state index contributed by atoms with van der Waals surface area (Å²) in [7, 11) is 0. The maximum atomic E-state index is 12.5. The number of nitrogens with zero attached hydrogens (tertiary/aromatic N) is 3. The van der Waals surface area contributed by atoms with Crippen LogP contribution < -0.4 is 9.64 Å². The number of pyridine rings is 1. The third-order valence-electron chi connectivity index (χ3n) is 4.51. The number of ether oxygens (including phenoxy) is 2. The van der Waals surface area contributed by atoms with Crippen LogP contribution in [0.2, 0.25) is 0 Å². The van der Waals surface area contributed by atoms with E-state index in [9.17, 15) is 9.59 Å². The fourth-order valence-corrected chi connectivity index (χ4v) is 3.30. The zero-order valence-electron chi connectivity index (χ0n) is 16.4. The van der Waals surface area contributed by atoms with Gasteiger partial charge in [0.1, 0.15) is 5.75 Å². The van der Waals surface area contributed by atoms with Crippen molar-refractivity contribution in [2.45, 2.75) is 27.0 Å². The second-order valence-corrected chi connectivity index (χ2v) is 6.83. The molecule has 0 saturated carbocycles. The van der Waals surface area contributed by atoms with Gasteiger partial charge < -0.3 is 14.4 Å². The molecule has 3 rings (SSSR count). The summed E-state index contributed by atoms with van der Waals surface area (Å²) in [6.45, 7) is 7.83. The summed E-state index contributed by atoms with van der Waals surface area (Å²) in [5, 5.41) is 0. The van der Waals surface area contributed by atoms with Crippen LogP contribution in [0.1, 0.15) is 18.3 Å². The average Bonchev–Trinajstić information content (AvgIpc) is 2.66. The molecule has 7 nitrogen and oxygen atoms in total. The van der Waals surface area contributed by atoms with Gasteiger partial charge in [0, 0.05) is 50.2 Å². The summed E-state index contributed by atoms with van der Waals surface area (Å²) < 4.78 is 10.7. The number of rotatable bonds is 5. The number of carbonyl (C=O) groups is 2. The number of aryl methyl sites for hydroxylation is 2. The molecule has 0 spiro atoms. The number of carbonyl (C=O) groups excluding carboxylic acids is 2. The molecule has 0 N–H and O–H groups in total. The van der Waals surface area contributed by atoms with Crippen LogP contribution in [0.15, 0.2) is 42.5 Å². The van der Waals surface area contributed by atoms with E-state index in [1.165, 1.54) is 6.92 Å². The average molecular weight is 383 g/mol. The van der Waals surface area contributed by atoms with Crippen LogP contribution in [0.3, 0.4) is 0 Å². The molecule has 2 aromatic rings. The first kappa shape index (κ1) is 19.8. The first-order valence-electron chi connectivity index (χ1n) is 9.30. The molecule has 0 radical (unpaired) electrons. The Hall–Kier alpha value is -2.93. The van der Waals surface area contributed by atoms with Crippen LogP contribution in [-0.2, 0) is 14.3 Å². The number of piperazine rings is 1. The molecule has 148 valence electrons. The number of benzene rings is 1. The molecule has 1 unspecified atom stereocenters. The Balaban J connectivity index is 1.71. The molecule has 0 bridgehead atoms. The Kier molecular flexibility index (Phi) is 6.26. The molecule has 1 aliphatic heterocycles. The fraction of sp³-hybridized carbons (Fsp3) is 0.381. The van der Waals surface area contributed by atoms with E-state index < -0.39 is 18.2 Å². The second kappa shape index (κ2) is 8.84. The lowest BCUT2D eigenvalue weighted by atomic mass is 10.2. The van der Waals surface area contributed by atoms with Crippen molar-refractivity contribution in [1.82, 2.24) is 9.88 Å².